The maximum absolute atomic E-state index is 12.8. The lowest BCUT2D eigenvalue weighted by atomic mass is 10.2. The molecule has 2 rings (SSSR count). The number of hydrogen-bond donors (Lipinski definition) is 1. The summed E-state index contributed by atoms with van der Waals surface area (Å²) in [6.45, 7) is 1.38. The number of nitro groups is 1. The van der Waals surface area contributed by atoms with Crippen molar-refractivity contribution in [2.75, 3.05) is 30.1 Å². The Hall–Kier alpha value is -3.34. The Morgan fingerprint density at radius 3 is 2.41 bits per heavy atom. The smallest absolute Gasteiger partial charge is 0.271 e. The molecule has 10 nitrogen and oxygen atoms in total. The monoisotopic (exact) mass is 423 g/mol. The third-order valence-electron chi connectivity index (χ3n) is 4.05. The highest BCUT2D eigenvalue weighted by Gasteiger charge is 2.30. The van der Waals surface area contributed by atoms with E-state index < -0.39 is 26.9 Å². The summed E-state index contributed by atoms with van der Waals surface area (Å²) in [5.74, 6) is 0.193. The molecule has 0 fully saturated rings. The predicted octanol–water partition coefficient (Wildman–Crippen LogP) is 2.41. The Morgan fingerprint density at radius 2 is 1.86 bits per heavy atom. The summed E-state index contributed by atoms with van der Waals surface area (Å²) in [4.78, 5) is 23.2. The molecule has 0 aromatic heterocycles. The number of nitro benzene ring substituents is 1. The number of nitrogens with zero attached hydrogens (tertiary/aromatic N) is 2. The number of anilines is 2. The quantitative estimate of drug-likeness (QED) is 0.510. The van der Waals surface area contributed by atoms with Crippen LogP contribution in [-0.4, -0.2) is 45.8 Å². The molecular formula is C18H21N3O7S. The molecule has 2 aromatic rings. The summed E-state index contributed by atoms with van der Waals surface area (Å²) in [6, 6.07) is 8.59. The van der Waals surface area contributed by atoms with Crippen LogP contribution in [0, 0.1) is 10.1 Å². The van der Waals surface area contributed by atoms with Crippen LogP contribution >= 0.6 is 0 Å². The minimum absolute atomic E-state index is 0.00560. The van der Waals surface area contributed by atoms with Crippen molar-refractivity contribution in [1.29, 1.82) is 0 Å². The molecule has 0 radical (unpaired) electrons. The third-order valence-corrected chi connectivity index (χ3v) is 5.29. The lowest BCUT2D eigenvalue weighted by molar-refractivity contribution is -0.384. The molecule has 0 saturated carbocycles. The fourth-order valence-electron chi connectivity index (χ4n) is 2.69. The van der Waals surface area contributed by atoms with Crippen LogP contribution in [0.4, 0.5) is 17.1 Å². The Morgan fingerprint density at radius 1 is 1.17 bits per heavy atom. The Labute approximate surface area is 168 Å². The summed E-state index contributed by atoms with van der Waals surface area (Å²) in [6.07, 6.45) is 0.920. The lowest BCUT2D eigenvalue weighted by Gasteiger charge is -2.28. The van der Waals surface area contributed by atoms with Gasteiger partial charge in [0.2, 0.25) is 15.9 Å². The standard InChI is InChI=1S/C18H21N3O7S/c1-12(18(22)19-16-9-8-15(27-2)11-17(16)28-3)20(29(4,25)26)13-6-5-7-14(10-13)21(23)24/h5-12H,1-4H3,(H,19,22)/t12-/m0/s1. The van der Waals surface area contributed by atoms with Gasteiger partial charge in [0, 0.05) is 18.2 Å². The number of carbonyl (C=O) groups is 1. The van der Waals surface area contributed by atoms with Crippen LogP contribution in [0.5, 0.6) is 11.5 Å². The molecule has 11 heteroatoms. The molecule has 2 aromatic carbocycles. The second kappa shape index (κ2) is 8.78. The van der Waals surface area contributed by atoms with Crippen LogP contribution in [0.1, 0.15) is 6.92 Å². The number of nitrogens with one attached hydrogen (secondary N) is 1. The maximum atomic E-state index is 12.8. The van der Waals surface area contributed by atoms with Crippen LogP contribution < -0.4 is 19.1 Å². The summed E-state index contributed by atoms with van der Waals surface area (Å²) < 4.78 is 35.9. The molecule has 0 aliphatic rings. The van der Waals surface area contributed by atoms with Crippen molar-refractivity contribution in [3.05, 3.63) is 52.6 Å². The van der Waals surface area contributed by atoms with Crippen molar-refractivity contribution in [2.45, 2.75) is 13.0 Å². The summed E-state index contributed by atoms with van der Waals surface area (Å²) >= 11 is 0. The van der Waals surface area contributed by atoms with Crippen molar-refractivity contribution >= 4 is 33.0 Å². The van der Waals surface area contributed by atoms with Gasteiger partial charge in [-0.1, -0.05) is 6.07 Å². The van der Waals surface area contributed by atoms with E-state index in [-0.39, 0.29) is 11.4 Å². The van der Waals surface area contributed by atoms with Gasteiger partial charge in [0.15, 0.2) is 0 Å². The van der Waals surface area contributed by atoms with Gasteiger partial charge in [-0.05, 0) is 25.1 Å². The SMILES string of the molecule is COc1ccc(NC(=O)[C@H](C)N(c2cccc([N+](=O)[O-])c2)S(C)(=O)=O)c(OC)c1. The zero-order chi connectivity index (χ0) is 21.8. The third kappa shape index (κ3) is 5.13. The fourth-order valence-corrected chi connectivity index (χ4v) is 3.86. The van der Waals surface area contributed by atoms with Crippen molar-refractivity contribution in [1.82, 2.24) is 0 Å². The zero-order valence-electron chi connectivity index (χ0n) is 16.3. The van der Waals surface area contributed by atoms with Gasteiger partial charge in [0.1, 0.15) is 17.5 Å². The molecule has 0 aliphatic heterocycles. The van der Waals surface area contributed by atoms with Crippen molar-refractivity contribution in [2.24, 2.45) is 0 Å². The molecule has 1 N–H and O–H groups in total. The number of sulfonamides is 1. The van der Waals surface area contributed by atoms with E-state index in [1.54, 1.807) is 18.2 Å². The van der Waals surface area contributed by atoms with Gasteiger partial charge in [0.05, 0.1) is 36.8 Å². The molecule has 0 saturated heterocycles. The van der Waals surface area contributed by atoms with E-state index in [4.69, 9.17) is 9.47 Å². The minimum Gasteiger partial charge on any atom is -0.497 e. The first kappa shape index (κ1) is 22.0. The molecule has 0 spiro atoms. The van der Waals surface area contributed by atoms with Gasteiger partial charge in [-0.25, -0.2) is 8.42 Å². The van der Waals surface area contributed by atoms with E-state index in [2.05, 4.69) is 5.32 Å². The first-order valence-electron chi connectivity index (χ1n) is 8.35. The van der Waals surface area contributed by atoms with E-state index in [0.29, 0.717) is 17.2 Å². The average molecular weight is 423 g/mol. The topological polar surface area (TPSA) is 128 Å². The molecule has 1 amide bonds. The number of non-ortho nitro benzene ring substituents is 1. The van der Waals surface area contributed by atoms with Crippen LogP contribution in [-0.2, 0) is 14.8 Å². The molecule has 0 unspecified atom stereocenters. The fraction of sp³-hybridized carbons (Fsp3) is 0.278. The largest absolute Gasteiger partial charge is 0.497 e. The van der Waals surface area contributed by atoms with Gasteiger partial charge in [-0.2, -0.15) is 0 Å². The second-order valence-electron chi connectivity index (χ2n) is 6.07. The van der Waals surface area contributed by atoms with E-state index in [0.717, 1.165) is 16.6 Å². The normalized spacial score (nSPS) is 12.0. The van der Waals surface area contributed by atoms with Crippen molar-refractivity contribution in [3.8, 4) is 11.5 Å². The van der Waals surface area contributed by atoms with Gasteiger partial charge < -0.3 is 14.8 Å². The molecule has 29 heavy (non-hydrogen) atoms. The number of ether oxygens (including phenoxy) is 2. The second-order valence-corrected chi connectivity index (χ2v) is 7.93. The number of methoxy groups -OCH3 is 2. The zero-order valence-corrected chi connectivity index (χ0v) is 17.1. The maximum Gasteiger partial charge on any atom is 0.271 e. The van der Waals surface area contributed by atoms with Crippen molar-refractivity contribution < 1.29 is 27.6 Å². The Bertz CT molecular complexity index is 1020. The van der Waals surface area contributed by atoms with Crippen LogP contribution in [0.3, 0.4) is 0 Å². The number of benzene rings is 2. The molecular weight excluding hydrogens is 402 g/mol. The van der Waals surface area contributed by atoms with E-state index in [1.165, 1.54) is 39.3 Å². The molecule has 1 atom stereocenters. The van der Waals surface area contributed by atoms with Gasteiger partial charge in [-0.15, -0.1) is 0 Å². The highest BCUT2D eigenvalue weighted by molar-refractivity contribution is 7.92. The van der Waals surface area contributed by atoms with Gasteiger partial charge >= 0.3 is 0 Å². The predicted molar refractivity (Wildman–Crippen MR) is 108 cm³/mol. The van der Waals surface area contributed by atoms with E-state index in [9.17, 15) is 23.3 Å². The Balaban J connectivity index is 2.38. The van der Waals surface area contributed by atoms with Gasteiger partial charge in [0.25, 0.3) is 5.69 Å². The molecule has 0 heterocycles. The highest BCUT2D eigenvalue weighted by atomic mass is 32.2. The van der Waals surface area contributed by atoms with Crippen molar-refractivity contribution in [3.63, 3.8) is 0 Å². The number of amides is 1. The van der Waals surface area contributed by atoms with Gasteiger partial charge in [-0.3, -0.25) is 19.2 Å². The lowest BCUT2D eigenvalue weighted by Crippen LogP contribution is -2.45. The van der Waals surface area contributed by atoms with Crippen LogP contribution in [0.25, 0.3) is 0 Å². The van der Waals surface area contributed by atoms with E-state index in [1.807, 2.05) is 0 Å². The number of carbonyl (C=O) groups excluding carboxylic acids is 1. The molecule has 156 valence electrons. The minimum atomic E-state index is -3.92. The molecule has 0 aliphatic carbocycles. The summed E-state index contributed by atoms with van der Waals surface area (Å²) in [7, 11) is -1.02. The first-order chi connectivity index (χ1) is 13.6. The Kier molecular flexibility index (Phi) is 6.64. The number of rotatable bonds is 8. The van der Waals surface area contributed by atoms with Crippen LogP contribution in [0.15, 0.2) is 42.5 Å². The first-order valence-corrected chi connectivity index (χ1v) is 10.2. The summed E-state index contributed by atoms with van der Waals surface area (Å²) in [5.41, 5.74) is 0.0317. The summed E-state index contributed by atoms with van der Waals surface area (Å²) in [5, 5.41) is 13.6. The van der Waals surface area contributed by atoms with Crippen LogP contribution in [0.2, 0.25) is 0 Å². The number of hydrogen-bond acceptors (Lipinski definition) is 7. The average Bonchev–Trinajstić information content (AvgIpc) is 2.67. The highest BCUT2D eigenvalue weighted by Crippen LogP contribution is 2.30. The molecule has 0 bridgehead atoms. The van der Waals surface area contributed by atoms with E-state index >= 15 is 0 Å².